The van der Waals surface area contributed by atoms with Crippen molar-refractivity contribution in [2.75, 3.05) is 13.6 Å². The van der Waals surface area contributed by atoms with Gasteiger partial charge < -0.3 is 5.73 Å². The average molecular weight is 243 g/mol. The van der Waals surface area contributed by atoms with Crippen LogP contribution in [-0.4, -0.2) is 24.5 Å². The van der Waals surface area contributed by atoms with Crippen molar-refractivity contribution in [2.24, 2.45) is 5.73 Å². The topological polar surface area (TPSA) is 29.3 Å². The van der Waals surface area contributed by atoms with Gasteiger partial charge in [-0.1, -0.05) is 31.2 Å². The Morgan fingerprint density at radius 2 is 1.69 bits per heavy atom. The normalized spacial score (nSPS) is 12.3. The van der Waals surface area contributed by atoms with E-state index in [0.717, 1.165) is 13.0 Å². The monoisotopic (exact) mass is 242 g/mol. The SMILES string of the molecule is CCc1ccc(CN(C)C(C)CN)cc1.Cl. The van der Waals surface area contributed by atoms with Crippen molar-refractivity contribution in [3.05, 3.63) is 35.4 Å². The molecule has 0 aliphatic heterocycles. The van der Waals surface area contributed by atoms with Crippen LogP contribution in [0, 0.1) is 0 Å². The largest absolute Gasteiger partial charge is 0.329 e. The number of halogens is 1. The summed E-state index contributed by atoms with van der Waals surface area (Å²) in [7, 11) is 2.12. The van der Waals surface area contributed by atoms with Gasteiger partial charge in [-0.3, -0.25) is 4.90 Å². The Labute approximate surface area is 105 Å². The molecule has 0 spiro atoms. The number of hydrogen-bond donors (Lipinski definition) is 1. The summed E-state index contributed by atoms with van der Waals surface area (Å²) in [6.45, 7) is 6.02. The van der Waals surface area contributed by atoms with E-state index in [0.29, 0.717) is 12.6 Å². The third-order valence-electron chi connectivity index (χ3n) is 2.96. The maximum Gasteiger partial charge on any atom is 0.0234 e. The number of aryl methyl sites for hydroxylation is 1. The first-order valence-electron chi connectivity index (χ1n) is 5.65. The van der Waals surface area contributed by atoms with E-state index in [1.807, 2.05) is 0 Å². The molecule has 92 valence electrons. The van der Waals surface area contributed by atoms with Gasteiger partial charge in [0.2, 0.25) is 0 Å². The van der Waals surface area contributed by atoms with E-state index in [1.54, 1.807) is 0 Å². The minimum Gasteiger partial charge on any atom is -0.329 e. The molecule has 0 saturated heterocycles. The highest BCUT2D eigenvalue weighted by atomic mass is 35.5. The molecule has 1 rings (SSSR count). The molecule has 3 heteroatoms. The lowest BCUT2D eigenvalue weighted by atomic mass is 10.1. The van der Waals surface area contributed by atoms with Gasteiger partial charge in [-0.15, -0.1) is 12.4 Å². The standard InChI is InChI=1S/C13H22N2.ClH/c1-4-12-5-7-13(8-6-12)10-15(3)11(2)9-14;/h5-8,11H,4,9-10,14H2,1-3H3;1H. The fourth-order valence-electron chi connectivity index (χ4n) is 1.50. The van der Waals surface area contributed by atoms with Gasteiger partial charge in [0, 0.05) is 19.1 Å². The van der Waals surface area contributed by atoms with Crippen molar-refractivity contribution in [3.8, 4) is 0 Å². The fourth-order valence-corrected chi connectivity index (χ4v) is 1.50. The Balaban J connectivity index is 0.00000225. The zero-order chi connectivity index (χ0) is 11.3. The summed E-state index contributed by atoms with van der Waals surface area (Å²) in [4.78, 5) is 2.28. The summed E-state index contributed by atoms with van der Waals surface area (Å²) in [5.41, 5.74) is 8.38. The Kier molecular flexibility index (Phi) is 7.39. The smallest absolute Gasteiger partial charge is 0.0234 e. The summed E-state index contributed by atoms with van der Waals surface area (Å²) < 4.78 is 0. The van der Waals surface area contributed by atoms with Crippen LogP contribution in [0.1, 0.15) is 25.0 Å². The molecule has 16 heavy (non-hydrogen) atoms. The minimum atomic E-state index is 0. The van der Waals surface area contributed by atoms with Crippen molar-refractivity contribution in [3.63, 3.8) is 0 Å². The van der Waals surface area contributed by atoms with Crippen LogP contribution in [0.3, 0.4) is 0 Å². The van der Waals surface area contributed by atoms with Gasteiger partial charge in [0.05, 0.1) is 0 Å². The molecule has 1 atom stereocenters. The molecule has 0 saturated carbocycles. The molecule has 0 aliphatic rings. The van der Waals surface area contributed by atoms with Gasteiger partial charge in [-0.2, -0.15) is 0 Å². The predicted molar refractivity (Wildman–Crippen MR) is 73.1 cm³/mol. The van der Waals surface area contributed by atoms with E-state index < -0.39 is 0 Å². The van der Waals surface area contributed by atoms with Crippen LogP contribution in [0.15, 0.2) is 24.3 Å². The Morgan fingerprint density at radius 1 is 1.19 bits per heavy atom. The van der Waals surface area contributed by atoms with Crippen LogP contribution < -0.4 is 5.73 Å². The summed E-state index contributed by atoms with van der Waals surface area (Å²) in [6, 6.07) is 9.26. The second-order valence-corrected chi connectivity index (χ2v) is 4.17. The summed E-state index contributed by atoms with van der Waals surface area (Å²) in [6.07, 6.45) is 1.11. The minimum absolute atomic E-state index is 0. The highest BCUT2D eigenvalue weighted by Gasteiger charge is 2.06. The Morgan fingerprint density at radius 3 is 2.12 bits per heavy atom. The van der Waals surface area contributed by atoms with Gasteiger partial charge in [0.25, 0.3) is 0 Å². The third kappa shape index (κ3) is 4.52. The lowest BCUT2D eigenvalue weighted by Crippen LogP contribution is -2.34. The first-order valence-corrected chi connectivity index (χ1v) is 5.65. The van der Waals surface area contributed by atoms with Crippen LogP contribution in [0.4, 0.5) is 0 Å². The predicted octanol–water partition coefficient (Wildman–Crippen LogP) is 2.45. The molecular weight excluding hydrogens is 220 g/mol. The molecule has 0 fully saturated rings. The second kappa shape index (κ2) is 7.66. The Bertz CT molecular complexity index is 284. The number of rotatable bonds is 5. The molecule has 1 aromatic carbocycles. The molecule has 0 radical (unpaired) electrons. The van der Waals surface area contributed by atoms with Gasteiger partial charge in [-0.25, -0.2) is 0 Å². The second-order valence-electron chi connectivity index (χ2n) is 4.17. The van der Waals surface area contributed by atoms with E-state index in [-0.39, 0.29) is 12.4 Å². The van der Waals surface area contributed by atoms with Crippen molar-refractivity contribution < 1.29 is 0 Å². The quantitative estimate of drug-likeness (QED) is 0.860. The van der Waals surface area contributed by atoms with Crippen LogP contribution >= 0.6 is 12.4 Å². The molecule has 0 amide bonds. The van der Waals surface area contributed by atoms with Crippen molar-refractivity contribution in [2.45, 2.75) is 32.9 Å². The molecule has 0 heterocycles. The maximum absolute atomic E-state index is 5.63. The Hall–Kier alpha value is -0.570. The van der Waals surface area contributed by atoms with Crippen LogP contribution in [-0.2, 0) is 13.0 Å². The fraction of sp³-hybridized carbons (Fsp3) is 0.538. The lowest BCUT2D eigenvalue weighted by molar-refractivity contribution is 0.255. The van der Waals surface area contributed by atoms with E-state index in [4.69, 9.17) is 5.73 Å². The number of likely N-dealkylation sites (N-methyl/N-ethyl adjacent to an activating group) is 1. The molecular formula is C13H23ClN2. The van der Waals surface area contributed by atoms with Crippen LogP contribution in [0.5, 0.6) is 0 Å². The first kappa shape index (κ1) is 15.4. The third-order valence-corrected chi connectivity index (χ3v) is 2.96. The molecule has 1 aromatic rings. The van der Waals surface area contributed by atoms with Crippen LogP contribution in [0.2, 0.25) is 0 Å². The van der Waals surface area contributed by atoms with Crippen molar-refractivity contribution in [1.82, 2.24) is 4.90 Å². The lowest BCUT2D eigenvalue weighted by Gasteiger charge is -2.23. The highest BCUT2D eigenvalue weighted by molar-refractivity contribution is 5.85. The average Bonchev–Trinajstić information content (AvgIpc) is 2.29. The summed E-state index contributed by atoms with van der Waals surface area (Å²) in [5, 5.41) is 0. The maximum atomic E-state index is 5.63. The molecule has 0 bridgehead atoms. The molecule has 2 N–H and O–H groups in total. The van der Waals surface area contributed by atoms with E-state index in [1.165, 1.54) is 11.1 Å². The molecule has 0 aromatic heterocycles. The molecule has 0 aliphatic carbocycles. The zero-order valence-corrected chi connectivity index (χ0v) is 11.3. The van der Waals surface area contributed by atoms with Crippen molar-refractivity contribution >= 4 is 12.4 Å². The van der Waals surface area contributed by atoms with Gasteiger partial charge >= 0.3 is 0 Å². The summed E-state index contributed by atoms with van der Waals surface area (Å²) >= 11 is 0. The number of nitrogens with two attached hydrogens (primary N) is 1. The van der Waals surface area contributed by atoms with E-state index >= 15 is 0 Å². The highest BCUT2D eigenvalue weighted by Crippen LogP contribution is 2.08. The number of nitrogens with zero attached hydrogens (tertiary/aromatic N) is 1. The van der Waals surface area contributed by atoms with E-state index in [2.05, 4.69) is 50.1 Å². The number of hydrogen-bond acceptors (Lipinski definition) is 2. The van der Waals surface area contributed by atoms with Gasteiger partial charge in [0.15, 0.2) is 0 Å². The molecule has 2 nitrogen and oxygen atoms in total. The first-order chi connectivity index (χ1) is 7.17. The van der Waals surface area contributed by atoms with Crippen molar-refractivity contribution in [1.29, 1.82) is 0 Å². The molecule has 1 unspecified atom stereocenters. The van der Waals surface area contributed by atoms with Gasteiger partial charge in [0.1, 0.15) is 0 Å². The number of benzene rings is 1. The zero-order valence-electron chi connectivity index (χ0n) is 10.4. The summed E-state index contributed by atoms with van der Waals surface area (Å²) in [5.74, 6) is 0. The van der Waals surface area contributed by atoms with Crippen LogP contribution in [0.25, 0.3) is 0 Å². The van der Waals surface area contributed by atoms with E-state index in [9.17, 15) is 0 Å². The van der Waals surface area contributed by atoms with Gasteiger partial charge in [-0.05, 0) is 31.5 Å².